The molecule has 0 aliphatic carbocycles. The fourth-order valence-electron chi connectivity index (χ4n) is 3.07. The van der Waals surface area contributed by atoms with Crippen LogP contribution in [0.5, 0.6) is 0 Å². The summed E-state index contributed by atoms with van der Waals surface area (Å²) in [6.45, 7) is 4.84. The molecule has 1 aliphatic heterocycles. The lowest BCUT2D eigenvalue weighted by atomic mass is 9.92. The zero-order chi connectivity index (χ0) is 21.2. The number of imide groups is 1. The lowest BCUT2D eigenvalue weighted by molar-refractivity contribution is -0.130. The van der Waals surface area contributed by atoms with Gasteiger partial charge in [-0.3, -0.25) is 19.3 Å². The minimum absolute atomic E-state index is 0.122. The topological polar surface area (TPSA) is 95.6 Å². The van der Waals surface area contributed by atoms with E-state index in [0.29, 0.717) is 16.8 Å². The number of Topliss-reactive ketones (excluding diaryl/α,β-unsaturated/α-hetero) is 1. The molecule has 1 atom stereocenters. The molecule has 0 radical (unpaired) electrons. The number of hydrogen-bond donors (Lipinski definition) is 2. The second-order valence-corrected chi connectivity index (χ2v) is 7.46. The quantitative estimate of drug-likeness (QED) is 0.583. The van der Waals surface area contributed by atoms with Gasteiger partial charge in [0.2, 0.25) is 5.91 Å². The summed E-state index contributed by atoms with van der Waals surface area (Å²) < 4.78 is 0. The number of rotatable bonds is 6. The van der Waals surface area contributed by atoms with Crippen LogP contribution < -0.4 is 10.6 Å². The number of benzene rings is 2. The van der Waals surface area contributed by atoms with E-state index >= 15 is 0 Å². The normalized spacial score (nSPS) is 18.7. The van der Waals surface area contributed by atoms with Gasteiger partial charge in [0, 0.05) is 17.2 Å². The first-order valence-corrected chi connectivity index (χ1v) is 9.36. The molecule has 0 unspecified atom stereocenters. The van der Waals surface area contributed by atoms with E-state index in [0.717, 1.165) is 4.90 Å². The van der Waals surface area contributed by atoms with Gasteiger partial charge in [0.25, 0.3) is 5.91 Å². The molecular formula is C22H23N3O4. The lowest BCUT2D eigenvalue weighted by Crippen LogP contribution is -2.41. The van der Waals surface area contributed by atoms with Crippen LogP contribution in [-0.2, 0) is 15.1 Å². The van der Waals surface area contributed by atoms with Crippen LogP contribution in [-0.4, -0.2) is 35.1 Å². The Morgan fingerprint density at radius 3 is 2.24 bits per heavy atom. The number of nitrogens with zero attached hydrogens (tertiary/aromatic N) is 1. The Morgan fingerprint density at radius 1 is 1.03 bits per heavy atom. The zero-order valence-corrected chi connectivity index (χ0v) is 16.6. The first kappa shape index (κ1) is 20.3. The summed E-state index contributed by atoms with van der Waals surface area (Å²) in [4.78, 5) is 50.6. The molecule has 4 amide bonds. The molecule has 1 saturated heterocycles. The highest BCUT2D eigenvalue weighted by molar-refractivity contribution is 6.11. The van der Waals surface area contributed by atoms with Crippen molar-refractivity contribution in [2.24, 2.45) is 5.92 Å². The standard InChI is InChI=1S/C22H23N3O4/c1-14(2)19(27)23-17-11-9-15(10-12-17)18(26)13-25-20(28)22(3,24-21(25)29)16-7-5-4-6-8-16/h4-12,14H,13H2,1-3H3,(H,23,27)(H,24,29)/t22-/m0/s1. The molecular weight excluding hydrogens is 370 g/mol. The number of urea groups is 1. The number of hydrogen-bond acceptors (Lipinski definition) is 4. The number of amides is 4. The smallest absolute Gasteiger partial charge is 0.325 e. The van der Waals surface area contributed by atoms with Crippen LogP contribution in [0.3, 0.4) is 0 Å². The summed E-state index contributed by atoms with van der Waals surface area (Å²) in [6.07, 6.45) is 0. The Morgan fingerprint density at radius 2 is 1.66 bits per heavy atom. The van der Waals surface area contributed by atoms with Crippen LogP contribution in [0.15, 0.2) is 54.6 Å². The Kier molecular flexibility index (Phi) is 5.50. The third kappa shape index (κ3) is 4.03. The van der Waals surface area contributed by atoms with Crippen molar-refractivity contribution in [3.8, 4) is 0 Å². The van der Waals surface area contributed by atoms with Gasteiger partial charge in [0.1, 0.15) is 5.54 Å². The van der Waals surface area contributed by atoms with Crippen molar-refractivity contribution in [3.63, 3.8) is 0 Å². The van der Waals surface area contributed by atoms with E-state index < -0.39 is 17.5 Å². The van der Waals surface area contributed by atoms with Crippen molar-refractivity contribution in [2.45, 2.75) is 26.3 Å². The predicted molar refractivity (Wildman–Crippen MR) is 108 cm³/mol. The van der Waals surface area contributed by atoms with Gasteiger partial charge >= 0.3 is 6.03 Å². The second-order valence-electron chi connectivity index (χ2n) is 7.46. The van der Waals surface area contributed by atoms with Gasteiger partial charge < -0.3 is 10.6 Å². The van der Waals surface area contributed by atoms with Crippen LogP contribution in [0.25, 0.3) is 0 Å². The van der Waals surface area contributed by atoms with E-state index in [9.17, 15) is 19.2 Å². The fraction of sp³-hybridized carbons (Fsp3) is 0.273. The molecule has 0 saturated carbocycles. The molecule has 0 bridgehead atoms. The SMILES string of the molecule is CC(C)C(=O)Nc1ccc(C(=O)CN2C(=O)N[C@@](C)(c3ccccc3)C2=O)cc1. The summed E-state index contributed by atoms with van der Waals surface area (Å²) in [5, 5.41) is 5.43. The number of anilines is 1. The monoisotopic (exact) mass is 393 g/mol. The first-order valence-electron chi connectivity index (χ1n) is 9.36. The van der Waals surface area contributed by atoms with Crippen molar-refractivity contribution in [3.05, 3.63) is 65.7 Å². The molecule has 2 aromatic rings. The van der Waals surface area contributed by atoms with Crippen molar-refractivity contribution >= 4 is 29.3 Å². The first-order chi connectivity index (χ1) is 13.7. The molecule has 1 aliphatic rings. The largest absolute Gasteiger partial charge is 0.326 e. The molecule has 0 spiro atoms. The highest BCUT2D eigenvalue weighted by Gasteiger charge is 2.49. The van der Waals surface area contributed by atoms with E-state index in [2.05, 4.69) is 10.6 Å². The molecule has 0 aromatic heterocycles. The van der Waals surface area contributed by atoms with Gasteiger partial charge in [0.15, 0.2) is 5.78 Å². The second kappa shape index (κ2) is 7.87. The average Bonchev–Trinajstić information content (AvgIpc) is 2.93. The third-order valence-corrected chi connectivity index (χ3v) is 4.93. The average molecular weight is 393 g/mol. The van der Waals surface area contributed by atoms with Gasteiger partial charge in [-0.25, -0.2) is 4.79 Å². The summed E-state index contributed by atoms with van der Waals surface area (Å²) in [5.74, 6) is -1.12. The molecule has 2 N–H and O–H groups in total. The number of carbonyl (C=O) groups is 4. The fourth-order valence-corrected chi connectivity index (χ4v) is 3.07. The van der Waals surface area contributed by atoms with E-state index in [4.69, 9.17) is 0 Å². The Bertz CT molecular complexity index is 954. The summed E-state index contributed by atoms with van der Waals surface area (Å²) in [7, 11) is 0. The van der Waals surface area contributed by atoms with Crippen LogP contribution >= 0.6 is 0 Å². The number of carbonyl (C=O) groups excluding carboxylic acids is 4. The van der Waals surface area contributed by atoms with Crippen LogP contribution in [0.4, 0.5) is 10.5 Å². The lowest BCUT2D eigenvalue weighted by Gasteiger charge is -2.22. The highest BCUT2D eigenvalue weighted by atomic mass is 16.2. The third-order valence-electron chi connectivity index (χ3n) is 4.93. The molecule has 150 valence electrons. The van der Waals surface area contributed by atoms with Gasteiger partial charge in [-0.2, -0.15) is 0 Å². The van der Waals surface area contributed by atoms with Crippen molar-refractivity contribution in [1.82, 2.24) is 10.2 Å². The number of nitrogens with one attached hydrogen (secondary N) is 2. The van der Waals surface area contributed by atoms with Crippen molar-refractivity contribution in [1.29, 1.82) is 0 Å². The van der Waals surface area contributed by atoms with E-state index in [1.54, 1.807) is 69.3 Å². The molecule has 7 heteroatoms. The van der Waals surface area contributed by atoms with Crippen LogP contribution in [0.1, 0.15) is 36.7 Å². The minimum atomic E-state index is -1.20. The van der Waals surface area contributed by atoms with Gasteiger partial charge in [-0.15, -0.1) is 0 Å². The van der Waals surface area contributed by atoms with E-state index in [-0.39, 0.29) is 24.2 Å². The maximum absolute atomic E-state index is 12.9. The zero-order valence-electron chi connectivity index (χ0n) is 16.6. The van der Waals surface area contributed by atoms with E-state index in [1.807, 2.05) is 6.07 Å². The maximum Gasteiger partial charge on any atom is 0.325 e. The molecule has 2 aromatic carbocycles. The summed E-state index contributed by atoms with van der Waals surface area (Å²) in [5.41, 5.74) is 0.371. The predicted octanol–water partition coefficient (Wildman–Crippen LogP) is 2.93. The molecule has 1 heterocycles. The van der Waals surface area contributed by atoms with Gasteiger partial charge in [-0.05, 0) is 36.8 Å². The highest BCUT2D eigenvalue weighted by Crippen LogP contribution is 2.28. The Hall–Kier alpha value is -3.48. The maximum atomic E-state index is 12.9. The van der Waals surface area contributed by atoms with Crippen LogP contribution in [0.2, 0.25) is 0 Å². The molecule has 7 nitrogen and oxygen atoms in total. The molecule has 29 heavy (non-hydrogen) atoms. The molecule has 1 fully saturated rings. The van der Waals surface area contributed by atoms with Gasteiger partial charge in [0.05, 0.1) is 6.54 Å². The van der Waals surface area contributed by atoms with Gasteiger partial charge in [-0.1, -0.05) is 44.2 Å². The minimum Gasteiger partial charge on any atom is -0.326 e. The number of ketones is 1. The summed E-state index contributed by atoms with van der Waals surface area (Å²) in [6, 6.07) is 14.7. The van der Waals surface area contributed by atoms with E-state index in [1.165, 1.54) is 0 Å². The van der Waals surface area contributed by atoms with Crippen LogP contribution in [0, 0.1) is 5.92 Å². The summed E-state index contributed by atoms with van der Waals surface area (Å²) >= 11 is 0. The van der Waals surface area contributed by atoms with Crippen molar-refractivity contribution in [2.75, 3.05) is 11.9 Å². The Balaban J connectivity index is 1.71. The molecule has 3 rings (SSSR count). The van der Waals surface area contributed by atoms with Crippen molar-refractivity contribution < 1.29 is 19.2 Å². The Labute approximate surface area is 169 Å².